The minimum absolute atomic E-state index is 0.220. The maximum atomic E-state index is 12.6. The van der Waals surface area contributed by atoms with Gasteiger partial charge in [0, 0.05) is 19.1 Å². The molecule has 2 rings (SSSR count). The van der Waals surface area contributed by atoms with Crippen LogP contribution in [-0.4, -0.2) is 36.5 Å². The topological polar surface area (TPSA) is 32.3 Å². The summed E-state index contributed by atoms with van der Waals surface area (Å²) >= 11 is 1.56. The molecule has 1 amide bonds. The van der Waals surface area contributed by atoms with Crippen molar-refractivity contribution in [2.75, 3.05) is 19.6 Å². The van der Waals surface area contributed by atoms with Gasteiger partial charge in [-0.1, -0.05) is 6.92 Å². The summed E-state index contributed by atoms with van der Waals surface area (Å²) in [6.45, 7) is 7.05. The summed E-state index contributed by atoms with van der Waals surface area (Å²) < 4.78 is 0. The molecule has 0 saturated carbocycles. The Kier molecular flexibility index (Phi) is 4.78. The molecule has 1 fully saturated rings. The van der Waals surface area contributed by atoms with Crippen molar-refractivity contribution < 1.29 is 4.79 Å². The van der Waals surface area contributed by atoms with E-state index in [0.717, 1.165) is 42.9 Å². The molecule has 4 heteroatoms. The van der Waals surface area contributed by atoms with E-state index in [2.05, 4.69) is 17.1 Å². The number of hydrogen-bond donors (Lipinski definition) is 1. The third-order valence-electron chi connectivity index (χ3n) is 3.49. The average molecular weight is 266 g/mol. The monoisotopic (exact) mass is 266 g/mol. The Balaban J connectivity index is 2.13. The van der Waals surface area contributed by atoms with Gasteiger partial charge in [0.15, 0.2) is 0 Å². The highest BCUT2D eigenvalue weighted by atomic mass is 32.1. The van der Waals surface area contributed by atoms with E-state index in [1.807, 2.05) is 18.4 Å². The summed E-state index contributed by atoms with van der Waals surface area (Å²) in [7, 11) is 0. The van der Waals surface area contributed by atoms with Crippen LogP contribution in [-0.2, 0) is 0 Å². The van der Waals surface area contributed by atoms with E-state index in [4.69, 9.17) is 0 Å². The van der Waals surface area contributed by atoms with Gasteiger partial charge in [-0.3, -0.25) is 4.79 Å². The first-order valence-corrected chi connectivity index (χ1v) is 7.67. The number of nitrogens with zero attached hydrogens (tertiary/aromatic N) is 1. The van der Waals surface area contributed by atoms with Crippen LogP contribution in [0.3, 0.4) is 0 Å². The Morgan fingerprint density at radius 2 is 2.44 bits per heavy atom. The van der Waals surface area contributed by atoms with Gasteiger partial charge in [-0.05, 0) is 49.7 Å². The summed E-state index contributed by atoms with van der Waals surface area (Å²) in [5.41, 5.74) is 1.11. The number of amides is 1. The van der Waals surface area contributed by atoms with Gasteiger partial charge in [0.05, 0.1) is 4.88 Å². The molecule has 100 valence electrons. The lowest BCUT2D eigenvalue weighted by Crippen LogP contribution is -2.49. The van der Waals surface area contributed by atoms with E-state index in [1.165, 1.54) is 6.42 Å². The fourth-order valence-corrected chi connectivity index (χ4v) is 3.39. The summed E-state index contributed by atoms with van der Waals surface area (Å²) in [5, 5.41) is 5.40. The zero-order valence-corrected chi connectivity index (χ0v) is 12.1. The molecule has 0 spiro atoms. The summed E-state index contributed by atoms with van der Waals surface area (Å²) in [6.07, 6.45) is 3.32. The number of carbonyl (C=O) groups is 1. The van der Waals surface area contributed by atoms with Gasteiger partial charge in [0.25, 0.3) is 5.91 Å². The van der Waals surface area contributed by atoms with Crippen molar-refractivity contribution in [2.24, 2.45) is 0 Å². The summed E-state index contributed by atoms with van der Waals surface area (Å²) in [5.74, 6) is 0.220. The van der Waals surface area contributed by atoms with Crippen LogP contribution in [0.1, 0.15) is 41.4 Å². The second kappa shape index (κ2) is 6.34. The molecular formula is C14H22N2OS. The fraction of sp³-hybridized carbons (Fsp3) is 0.643. The number of aryl methyl sites for hydroxylation is 1. The lowest BCUT2D eigenvalue weighted by atomic mass is 10.0. The van der Waals surface area contributed by atoms with Crippen LogP contribution in [0.15, 0.2) is 11.4 Å². The van der Waals surface area contributed by atoms with Crippen molar-refractivity contribution in [3.63, 3.8) is 0 Å². The molecule has 0 radical (unpaired) electrons. The molecule has 1 aliphatic heterocycles. The Bertz CT molecular complexity index is 396. The third kappa shape index (κ3) is 2.93. The summed E-state index contributed by atoms with van der Waals surface area (Å²) in [6, 6.07) is 2.40. The van der Waals surface area contributed by atoms with Crippen molar-refractivity contribution in [3.05, 3.63) is 21.9 Å². The van der Waals surface area contributed by atoms with Crippen molar-refractivity contribution in [2.45, 2.75) is 39.2 Å². The molecule has 18 heavy (non-hydrogen) atoms. The normalized spacial score (nSPS) is 19.8. The van der Waals surface area contributed by atoms with Gasteiger partial charge in [-0.2, -0.15) is 0 Å². The largest absolute Gasteiger partial charge is 0.334 e. The molecule has 1 N–H and O–H groups in total. The van der Waals surface area contributed by atoms with Gasteiger partial charge in [-0.15, -0.1) is 11.3 Å². The van der Waals surface area contributed by atoms with Gasteiger partial charge in [0.1, 0.15) is 0 Å². The van der Waals surface area contributed by atoms with Crippen molar-refractivity contribution >= 4 is 17.2 Å². The fourth-order valence-electron chi connectivity index (χ4n) is 2.51. The van der Waals surface area contributed by atoms with Crippen LogP contribution in [0.25, 0.3) is 0 Å². The minimum Gasteiger partial charge on any atom is -0.334 e. The molecule has 0 bridgehead atoms. The first-order valence-electron chi connectivity index (χ1n) is 6.79. The quantitative estimate of drug-likeness (QED) is 0.908. The molecule has 0 aliphatic carbocycles. The number of nitrogens with one attached hydrogen (secondary N) is 1. The van der Waals surface area contributed by atoms with Crippen molar-refractivity contribution in [3.8, 4) is 0 Å². The highest BCUT2D eigenvalue weighted by Gasteiger charge is 2.26. The van der Waals surface area contributed by atoms with Crippen molar-refractivity contribution in [1.82, 2.24) is 10.2 Å². The van der Waals surface area contributed by atoms with E-state index in [9.17, 15) is 4.79 Å². The summed E-state index contributed by atoms with van der Waals surface area (Å²) in [4.78, 5) is 15.6. The van der Waals surface area contributed by atoms with E-state index in [0.29, 0.717) is 6.04 Å². The van der Waals surface area contributed by atoms with Gasteiger partial charge < -0.3 is 10.2 Å². The maximum absolute atomic E-state index is 12.6. The number of hydrogen-bond acceptors (Lipinski definition) is 3. The van der Waals surface area contributed by atoms with Crippen LogP contribution in [0.2, 0.25) is 0 Å². The second-order valence-electron chi connectivity index (χ2n) is 4.93. The SMILES string of the molecule is CCCN(C(=O)c1sccc1C)C1CCCNC1. The Morgan fingerprint density at radius 3 is 3.00 bits per heavy atom. The van der Waals surface area contributed by atoms with Crippen LogP contribution in [0.5, 0.6) is 0 Å². The van der Waals surface area contributed by atoms with E-state index >= 15 is 0 Å². The molecule has 3 nitrogen and oxygen atoms in total. The molecule has 1 saturated heterocycles. The van der Waals surface area contributed by atoms with Crippen LogP contribution in [0, 0.1) is 6.92 Å². The lowest BCUT2D eigenvalue weighted by molar-refractivity contribution is 0.0653. The van der Waals surface area contributed by atoms with Gasteiger partial charge in [-0.25, -0.2) is 0 Å². The zero-order valence-electron chi connectivity index (χ0n) is 11.2. The second-order valence-corrected chi connectivity index (χ2v) is 5.85. The smallest absolute Gasteiger partial charge is 0.264 e. The highest BCUT2D eigenvalue weighted by Crippen LogP contribution is 2.21. The minimum atomic E-state index is 0.220. The Labute approximate surface area is 113 Å². The molecule has 1 aliphatic rings. The molecule has 0 aromatic carbocycles. The van der Waals surface area contributed by atoms with E-state index in [1.54, 1.807) is 11.3 Å². The third-order valence-corrected chi connectivity index (χ3v) is 4.50. The Morgan fingerprint density at radius 1 is 1.61 bits per heavy atom. The van der Waals surface area contributed by atoms with Crippen molar-refractivity contribution in [1.29, 1.82) is 0 Å². The number of piperidine rings is 1. The van der Waals surface area contributed by atoms with E-state index in [-0.39, 0.29) is 5.91 Å². The lowest BCUT2D eigenvalue weighted by Gasteiger charge is -2.34. The molecule has 1 aromatic rings. The van der Waals surface area contributed by atoms with Crippen LogP contribution < -0.4 is 5.32 Å². The van der Waals surface area contributed by atoms with E-state index < -0.39 is 0 Å². The average Bonchev–Trinajstić information content (AvgIpc) is 2.82. The maximum Gasteiger partial charge on any atom is 0.264 e. The predicted molar refractivity (Wildman–Crippen MR) is 76.3 cm³/mol. The number of carbonyl (C=O) groups excluding carboxylic acids is 1. The molecule has 1 aromatic heterocycles. The highest BCUT2D eigenvalue weighted by molar-refractivity contribution is 7.12. The predicted octanol–water partition coefficient (Wildman–Crippen LogP) is 2.66. The number of thiophene rings is 1. The van der Waals surface area contributed by atoms with Gasteiger partial charge in [0.2, 0.25) is 0 Å². The van der Waals surface area contributed by atoms with Gasteiger partial charge >= 0.3 is 0 Å². The van der Waals surface area contributed by atoms with Crippen LogP contribution >= 0.6 is 11.3 Å². The first-order chi connectivity index (χ1) is 8.74. The molecule has 1 unspecified atom stereocenters. The standard InChI is InChI=1S/C14H22N2OS/c1-3-8-16(12-5-4-7-15-10-12)14(17)13-11(2)6-9-18-13/h6,9,12,15H,3-5,7-8,10H2,1-2H3. The zero-order chi connectivity index (χ0) is 13.0. The molecule has 1 atom stereocenters. The Hall–Kier alpha value is -0.870. The molecule has 2 heterocycles. The van der Waals surface area contributed by atoms with Crippen LogP contribution in [0.4, 0.5) is 0 Å². The molecular weight excluding hydrogens is 244 g/mol. The first kappa shape index (κ1) is 13.6. The number of rotatable bonds is 4.